The molecule has 2 aromatic rings. The van der Waals surface area contributed by atoms with Gasteiger partial charge < -0.3 is 40.0 Å². The smallest absolute Gasteiger partial charge is 0.247 e. The topological polar surface area (TPSA) is 113 Å². The Balaban J connectivity index is 1.97. The first-order valence-corrected chi connectivity index (χ1v) is 12.5. The Morgan fingerprint density at radius 3 is 2.68 bits per heavy atom. The average molecular weight is 526 g/mol. The van der Waals surface area contributed by atoms with Crippen molar-refractivity contribution < 1.29 is 19.0 Å². The van der Waals surface area contributed by atoms with Crippen molar-refractivity contribution in [1.29, 1.82) is 0 Å². The standard InChI is InChI=1S/C27H39N7O4/c1-7-25(35)30-21-16-22(24(37-6)17-23(21)34(4)12-11-33(2)3)31-27-29-18-20(19-8-13-38-14-9-19)26(32-27)28-10-15-36-5/h7-8,16-18H,1,9-15H2,2-6H3,(H,30,35)(H2,28,29,31,32). The molecule has 3 N–H and O–H groups in total. The van der Waals surface area contributed by atoms with E-state index >= 15 is 0 Å². The van der Waals surface area contributed by atoms with Crippen molar-refractivity contribution in [3.05, 3.63) is 42.6 Å². The zero-order valence-corrected chi connectivity index (χ0v) is 23.0. The number of hydrogen-bond donors (Lipinski definition) is 3. The van der Waals surface area contributed by atoms with Gasteiger partial charge in [-0.25, -0.2) is 4.98 Å². The number of anilines is 5. The maximum absolute atomic E-state index is 12.2. The molecule has 11 nitrogen and oxygen atoms in total. The number of carbonyl (C=O) groups excluding carboxylic acids is 1. The van der Waals surface area contributed by atoms with Crippen LogP contribution in [-0.2, 0) is 14.3 Å². The van der Waals surface area contributed by atoms with Crippen LogP contribution >= 0.6 is 0 Å². The van der Waals surface area contributed by atoms with Crippen LogP contribution in [0.1, 0.15) is 12.0 Å². The maximum atomic E-state index is 12.2. The quantitative estimate of drug-likeness (QED) is 0.251. The molecule has 1 aromatic heterocycles. The molecular weight excluding hydrogens is 486 g/mol. The highest BCUT2D eigenvalue weighted by Crippen LogP contribution is 2.38. The highest BCUT2D eigenvalue weighted by Gasteiger charge is 2.18. The van der Waals surface area contributed by atoms with Gasteiger partial charge in [-0.15, -0.1) is 0 Å². The van der Waals surface area contributed by atoms with Crippen molar-refractivity contribution in [3.8, 4) is 5.75 Å². The minimum absolute atomic E-state index is 0.307. The molecular formula is C27H39N7O4. The van der Waals surface area contributed by atoms with Crippen molar-refractivity contribution in [1.82, 2.24) is 14.9 Å². The fourth-order valence-electron chi connectivity index (χ4n) is 3.88. The second-order valence-corrected chi connectivity index (χ2v) is 9.04. The number of aromatic nitrogens is 2. The fraction of sp³-hybridized carbons (Fsp3) is 0.444. The van der Waals surface area contributed by atoms with Crippen LogP contribution in [0.15, 0.2) is 37.1 Å². The monoisotopic (exact) mass is 525 g/mol. The summed E-state index contributed by atoms with van der Waals surface area (Å²) in [7, 11) is 9.27. The second kappa shape index (κ2) is 14.3. The van der Waals surface area contributed by atoms with Crippen molar-refractivity contribution >= 4 is 40.3 Å². The minimum atomic E-state index is -0.307. The summed E-state index contributed by atoms with van der Waals surface area (Å²) in [6.45, 7) is 7.54. The number of ether oxygens (including phenoxy) is 3. The van der Waals surface area contributed by atoms with Crippen LogP contribution < -0.4 is 25.6 Å². The third kappa shape index (κ3) is 7.91. The lowest BCUT2D eigenvalue weighted by molar-refractivity contribution is -0.111. The van der Waals surface area contributed by atoms with Crippen LogP contribution in [0.2, 0.25) is 0 Å². The van der Waals surface area contributed by atoms with Gasteiger partial charge in [-0.2, -0.15) is 4.98 Å². The number of hydrogen-bond acceptors (Lipinski definition) is 10. The first-order chi connectivity index (χ1) is 18.4. The zero-order valence-electron chi connectivity index (χ0n) is 23.0. The van der Waals surface area contributed by atoms with Crippen LogP contribution in [0.3, 0.4) is 0 Å². The molecule has 0 saturated carbocycles. The van der Waals surface area contributed by atoms with Gasteiger partial charge >= 0.3 is 0 Å². The summed E-state index contributed by atoms with van der Waals surface area (Å²) in [5, 5.41) is 9.53. The van der Waals surface area contributed by atoms with E-state index in [0.717, 1.165) is 36.3 Å². The van der Waals surface area contributed by atoms with E-state index in [1.165, 1.54) is 6.08 Å². The summed E-state index contributed by atoms with van der Waals surface area (Å²) in [6, 6.07) is 3.70. The molecule has 0 spiro atoms. The number of likely N-dealkylation sites (N-methyl/N-ethyl adjacent to an activating group) is 2. The minimum Gasteiger partial charge on any atom is -0.494 e. The molecule has 0 atom stereocenters. The third-order valence-corrected chi connectivity index (χ3v) is 6.00. The van der Waals surface area contributed by atoms with Crippen molar-refractivity contribution in [2.75, 3.05) is 95.7 Å². The normalized spacial score (nSPS) is 13.1. The van der Waals surface area contributed by atoms with E-state index in [9.17, 15) is 4.79 Å². The number of rotatable bonds is 14. The largest absolute Gasteiger partial charge is 0.494 e. The van der Waals surface area contributed by atoms with Gasteiger partial charge in [-0.3, -0.25) is 4.79 Å². The number of carbonyl (C=O) groups is 1. The van der Waals surface area contributed by atoms with Gasteiger partial charge in [0, 0.05) is 51.6 Å². The van der Waals surface area contributed by atoms with E-state index in [2.05, 4.69) is 43.4 Å². The molecule has 38 heavy (non-hydrogen) atoms. The summed E-state index contributed by atoms with van der Waals surface area (Å²) in [5.74, 6) is 1.36. The summed E-state index contributed by atoms with van der Waals surface area (Å²) >= 11 is 0. The Morgan fingerprint density at radius 2 is 2.03 bits per heavy atom. The molecule has 0 fully saturated rings. The maximum Gasteiger partial charge on any atom is 0.247 e. The van der Waals surface area contributed by atoms with E-state index in [1.807, 2.05) is 33.3 Å². The van der Waals surface area contributed by atoms with Crippen LogP contribution in [0.5, 0.6) is 5.75 Å². The molecule has 0 radical (unpaired) electrons. The predicted octanol–water partition coefficient (Wildman–Crippen LogP) is 3.21. The summed E-state index contributed by atoms with van der Waals surface area (Å²) in [6.07, 6.45) is 5.89. The van der Waals surface area contributed by atoms with E-state index in [-0.39, 0.29) is 5.91 Å². The summed E-state index contributed by atoms with van der Waals surface area (Å²) in [5.41, 5.74) is 4.10. The molecule has 1 amide bonds. The van der Waals surface area contributed by atoms with E-state index in [0.29, 0.717) is 55.3 Å². The van der Waals surface area contributed by atoms with Crippen molar-refractivity contribution in [2.24, 2.45) is 0 Å². The zero-order chi connectivity index (χ0) is 27.5. The number of nitrogens with one attached hydrogen (secondary N) is 3. The number of amides is 1. The van der Waals surface area contributed by atoms with Gasteiger partial charge in [-0.05, 0) is 38.2 Å². The Morgan fingerprint density at radius 1 is 1.21 bits per heavy atom. The molecule has 1 aliphatic heterocycles. The lowest BCUT2D eigenvalue weighted by Crippen LogP contribution is -2.29. The SMILES string of the molecule is C=CC(=O)Nc1cc(Nc2ncc(C3=CCOCC3)c(NCCOC)n2)c(OC)cc1N(C)CCN(C)C. The summed E-state index contributed by atoms with van der Waals surface area (Å²) in [4.78, 5) is 25.7. The first kappa shape index (κ1) is 28.9. The van der Waals surface area contributed by atoms with Crippen molar-refractivity contribution in [2.45, 2.75) is 6.42 Å². The van der Waals surface area contributed by atoms with Crippen LogP contribution in [-0.4, -0.2) is 95.6 Å². The van der Waals surface area contributed by atoms with Crippen LogP contribution in [0.25, 0.3) is 5.57 Å². The van der Waals surface area contributed by atoms with Crippen molar-refractivity contribution in [3.63, 3.8) is 0 Å². The third-order valence-electron chi connectivity index (χ3n) is 6.00. The molecule has 0 saturated heterocycles. The molecule has 206 valence electrons. The second-order valence-electron chi connectivity index (χ2n) is 9.04. The number of methoxy groups -OCH3 is 2. The van der Waals surface area contributed by atoms with Gasteiger partial charge in [0.1, 0.15) is 11.6 Å². The molecule has 1 aliphatic rings. The van der Waals surface area contributed by atoms with E-state index in [4.69, 9.17) is 19.2 Å². The van der Waals surface area contributed by atoms with Gasteiger partial charge in [0.15, 0.2) is 0 Å². The predicted molar refractivity (Wildman–Crippen MR) is 153 cm³/mol. The molecule has 2 heterocycles. The Bertz CT molecular complexity index is 1140. The van der Waals surface area contributed by atoms with E-state index < -0.39 is 0 Å². The first-order valence-electron chi connectivity index (χ1n) is 12.5. The van der Waals surface area contributed by atoms with Crippen LogP contribution in [0.4, 0.5) is 28.8 Å². The van der Waals surface area contributed by atoms with Crippen LogP contribution in [0, 0.1) is 0 Å². The molecule has 11 heteroatoms. The number of nitrogens with zero attached hydrogens (tertiary/aromatic N) is 4. The lowest BCUT2D eigenvalue weighted by atomic mass is 10.0. The average Bonchev–Trinajstić information content (AvgIpc) is 2.92. The number of benzene rings is 1. The highest BCUT2D eigenvalue weighted by atomic mass is 16.5. The highest BCUT2D eigenvalue weighted by molar-refractivity contribution is 6.02. The summed E-state index contributed by atoms with van der Waals surface area (Å²) < 4.78 is 16.4. The lowest BCUT2D eigenvalue weighted by Gasteiger charge is -2.26. The van der Waals surface area contributed by atoms with E-state index in [1.54, 1.807) is 20.4 Å². The fourth-order valence-corrected chi connectivity index (χ4v) is 3.88. The van der Waals surface area contributed by atoms with Gasteiger partial charge in [0.05, 0.1) is 44.0 Å². The molecule has 1 aromatic carbocycles. The van der Waals surface area contributed by atoms with Gasteiger partial charge in [0.2, 0.25) is 11.9 Å². The molecule has 0 bridgehead atoms. The Hall–Kier alpha value is -3.67. The molecule has 3 rings (SSSR count). The molecule has 0 unspecified atom stereocenters. The Labute approximate surface area is 224 Å². The Kier molecular flexibility index (Phi) is 10.9. The van der Waals surface area contributed by atoms with Gasteiger partial charge in [-0.1, -0.05) is 12.7 Å². The van der Waals surface area contributed by atoms with Gasteiger partial charge in [0.25, 0.3) is 0 Å². The molecule has 0 aliphatic carbocycles.